The van der Waals surface area contributed by atoms with E-state index < -0.39 is 0 Å². The van der Waals surface area contributed by atoms with Crippen LogP contribution in [0.5, 0.6) is 0 Å². The monoisotopic (exact) mass is 337 g/mol. The number of nitrogens with two attached hydrogens (primary N) is 1. The highest BCUT2D eigenvalue weighted by Gasteiger charge is 2.29. The third-order valence-electron chi connectivity index (χ3n) is 4.86. The molecule has 0 saturated carbocycles. The molecule has 0 aliphatic carbocycles. The van der Waals surface area contributed by atoms with Crippen LogP contribution in [-0.2, 0) is 24.3 Å². The topological polar surface area (TPSA) is 81.5 Å². The Labute approximate surface area is 144 Å². The quantitative estimate of drug-likeness (QED) is 0.782. The number of rotatable bonds is 4. The minimum atomic E-state index is -0.380. The average Bonchev–Trinajstić information content (AvgIpc) is 2.94. The van der Waals surface area contributed by atoms with Gasteiger partial charge in [0.2, 0.25) is 5.91 Å². The number of amides is 1. The van der Waals surface area contributed by atoms with Gasteiger partial charge in [-0.25, -0.2) is 4.79 Å². The van der Waals surface area contributed by atoms with Gasteiger partial charge in [0, 0.05) is 19.6 Å². The van der Waals surface area contributed by atoms with Crippen LogP contribution in [0.1, 0.15) is 11.1 Å². The standard InChI is InChI=1S/C19H19N3O3/c20-18(23)16-11-13-5-1-2-6-14(13)12-21(16)9-10-22-15-7-3-4-8-17(15)25-19(22)24/h1-8,16H,9-12H2,(H2,20,23)/t16-/m0/s1. The van der Waals surface area contributed by atoms with E-state index in [9.17, 15) is 9.59 Å². The molecule has 6 heteroatoms. The second kappa shape index (κ2) is 6.22. The minimum Gasteiger partial charge on any atom is -0.408 e. The van der Waals surface area contributed by atoms with Crippen molar-refractivity contribution in [2.24, 2.45) is 5.73 Å². The molecule has 4 rings (SSSR count). The lowest BCUT2D eigenvalue weighted by atomic mass is 9.93. The van der Waals surface area contributed by atoms with Crippen molar-refractivity contribution in [1.82, 2.24) is 9.47 Å². The third kappa shape index (κ3) is 2.85. The maximum absolute atomic E-state index is 12.1. The molecule has 0 radical (unpaired) electrons. The molecule has 0 fully saturated rings. The van der Waals surface area contributed by atoms with Crippen LogP contribution in [0.15, 0.2) is 57.7 Å². The number of benzene rings is 2. The van der Waals surface area contributed by atoms with Gasteiger partial charge in [0.05, 0.1) is 11.6 Å². The summed E-state index contributed by atoms with van der Waals surface area (Å²) in [6, 6.07) is 15.1. The number of primary amides is 1. The number of aromatic nitrogens is 1. The molecular formula is C19H19N3O3. The SMILES string of the molecule is NC(=O)[C@@H]1Cc2ccccc2CN1CCn1c(=O)oc2ccccc21. The van der Waals surface area contributed by atoms with Gasteiger partial charge in [-0.3, -0.25) is 14.3 Å². The van der Waals surface area contributed by atoms with Gasteiger partial charge in [-0.1, -0.05) is 36.4 Å². The molecule has 0 saturated heterocycles. The smallest absolute Gasteiger partial charge is 0.408 e. The van der Waals surface area contributed by atoms with Gasteiger partial charge in [0.25, 0.3) is 0 Å². The van der Waals surface area contributed by atoms with E-state index in [4.69, 9.17) is 10.2 Å². The fourth-order valence-corrected chi connectivity index (χ4v) is 3.55. The summed E-state index contributed by atoms with van der Waals surface area (Å²) in [5.74, 6) is -0.715. The van der Waals surface area contributed by atoms with E-state index in [0.717, 1.165) is 11.1 Å². The van der Waals surface area contributed by atoms with Gasteiger partial charge in [0.15, 0.2) is 5.58 Å². The molecule has 1 aliphatic rings. The van der Waals surface area contributed by atoms with E-state index in [1.807, 2.05) is 41.3 Å². The molecule has 1 amide bonds. The first-order valence-electron chi connectivity index (χ1n) is 8.32. The second-order valence-electron chi connectivity index (χ2n) is 6.35. The first kappa shape index (κ1) is 15.7. The average molecular weight is 337 g/mol. The number of para-hydroxylation sites is 2. The third-order valence-corrected chi connectivity index (χ3v) is 4.86. The van der Waals surface area contributed by atoms with Crippen LogP contribution in [0, 0.1) is 0 Å². The Kier molecular flexibility index (Phi) is 3.89. The maximum Gasteiger partial charge on any atom is 0.419 e. The van der Waals surface area contributed by atoms with E-state index in [1.54, 1.807) is 10.6 Å². The molecule has 3 aromatic rings. The Morgan fingerprint density at radius 3 is 2.60 bits per heavy atom. The van der Waals surface area contributed by atoms with Crippen LogP contribution >= 0.6 is 0 Å². The molecule has 128 valence electrons. The minimum absolute atomic E-state index is 0.334. The fraction of sp³-hybridized carbons (Fsp3) is 0.263. The fourth-order valence-electron chi connectivity index (χ4n) is 3.55. The van der Waals surface area contributed by atoms with Crippen LogP contribution in [0.4, 0.5) is 0 Å². The van der Waals surface area contributed by atoms with Crippen molar-refractivity contribution >= 4 is 17.0 Å². The molecule has 1 atom stereocenters. The van der Waals surface area contributed by atoms with Crippen molar-refractivity contribution in [3.05, 3.63) is 70.2 Å². The molecule has 2 N–H and O–H groups in total. The summed E-state index contributed by atoms with van der Waals surface area (Å²) in [4.78, 5) is 26.1. The van der Waals surface area contributed by atoms with Crippen molar-refractivity contribution in [3.63, 3.8) is 0 Å². The first-order chi connectivity index (χ1) is 12.1. The van der Waals surface area contributed by atoms with E-state index in [-0.39, 0.29) is 17.7 Å². The predicted molar refractivity (Wildman–Crippen MR) is 94.0 cm³/mol. The Morgan fingerprint density at radius 2 is 1.80 bits per heavy atom. The van der Waals surface area contributed by atoms with Crippen molar-refractivity contribution in [1.29, 1.82) is 0 Å². The lowest BCUT2D eigenvalue weighted by molar-refractivity contribution is -0.123. The highest BCUT2D eigenvalue weighted by atomic mass is 16.4. The number of hydrogen-bond donors (Lipinski definition) is 1. The normalized spacial score (nSPS) is 17.5. The molecule has 0 bridgehead atoms. The van der Waals surface area contributed by atoms with Crippen LogP contribution in [0.25, 0.3) is 11.1 Å². The van der Waals surface area contributed by atoms with Gasteiger partial charge in [-0.2, -0.15) is 0 Å². The van der Waals surface area contributed by atoms with Gasteiger partial charge in [-0.05, 0) is 29.7 Å². The largest absolute Gasteiger partial charge is 0.419 e. The van der Waals surface area contributed by atoms with Crippen molar-refractivity contribution in [2.75, 3.05) is 6.54 Å². The second-order valence-corrected chi connectivity index (χ2v) is 6.35. The van der Waals surface area contributed by atoms with Crippen molar-refractivity contribution in [3.8, 4) is 0 Å². The summed E-state index contributed by atoms with van der Waals surface area (Å²) in [6.07, 6.45) is 0.604. The molecule has 0 spiro atoms. The molecule has 25 heavy (non-hydrogen) atoms. The predicted octanol–water partition coefficient (Wildman–Crippen LogP) is 1.51. The summed E-state index contributed by atoms with van der Waals surface area (Å²) >= 11 is 0. The van der Waals surface area contributed by atoms with Crippen LogP contribution in [-0.4, -0.2) is 28.0 Å². The highest BCUT2D eigenvalue weighted by Crippen LogP contribution is 2.23. The highest BCUT2D eigenvalue weighted by molar-refractivity contribution is 5.80. The molecule has 1 aliphatic heterocycles. The molecule has 2 heterocycles. The van der Waals surface area contributed by atoms with Gasteiger partial charge in [-0.15, -0.1) is 0 Å². The summed E-state index contributed by atoms with van der Waals surface area (Å²) < 4.78 is 6.87. The zero-order chi connectivity index (χ0) is 17.4. The lowest BCUT2D eigenvalue weighted by Gasteiger charge is -2.35. The Balaban J connectivity index is 1.60. The summed E-state index contributed by atoms with van der Waals surface area (Å²) in [5.41, 5.74) is 9.31. The number of fused-ring (bicyclic) bond motifs is 2. The Morgan fingerprint density at radius 1 is 1.08 bits per heavy atom. The zero-order valence-corrected chi connectivity index (χ0v) is 13.7. The number of carbonyl (C=O) groups is 1. The summed E-state index contributed by atoms with van der Waals surface area (Å²) in [7, 11) is 0. The van der Waals surface area contributed by atoms with E-state index in [0.29, 0.717) is 31.6 Å². The van der Waals surface area contributed by atoms with Gasteiger partial charge >= 0.3 is 5.76 Å². The zero-order valence-electron chi connectivity index (χ0n) is 13.7. The van der Waals surface area contributed by atoms with E-state index in [1.165, 1.54) is 5.56 Å². The van der Waals surface area contributed by atoms with Crippen molar-refractivity contribution < 1.29 is 9.21 Å². The molecule has 2 aromatic carbocycles. The van der Waals surface area contributed by atoms with Crippen LogP contribution in [0.3, 0.4) is 0 Å². The molecule has 1 aromatic heterocycles. The van der Waals surface area contributed by atoms with E-state index >= 15 is 0 Å². The van der Waals surface area contributed by atoms with E-state index in [2.05, 4.69) is 6.07 Å². The van der Waals surface area contributed by atoms with Gasteiger partial charge in [0.1, 0.15) is 0 Å². The molecular weight excluding hydrogens is 318 g/mol. The lowest BCUT2D eigenvalue weighted by Crippen LogP contribution is -2.49. The Hall–Kier alpha value is -2.86. The maximum atomic E-state index is 12.1. The number of oxazole rings is 1. The first-order valence-corrected chi connectivity index (χ1v) is 8.32. The van der Waals surface area contributed by atoms with Gasteiger partial charge < -0.3 is 10.2 Å². The number of nitrogens with zero attached hydrogens (tertiary/aromatic N) is 2. The molecule has 6 nitrogen and oxygen atoms in total. The summed E-state index contributed by atoms with van der Waals surface area (Å²) in [5, 5.41) is 0. The number of carbonyl (C=O) groups excluding carboxylic acids is 1. The number of hydrogen-bond acceptors (Lipinski definition) is 4. The Bertz CT molecular complexity index is 989. The van der Waals surface area contributed by atoms with Crippen LogP contribution < -0.4 is 11.5 Å². The van der Waals surface area contributed by atoms with Crippen molar-refractivity contribution in [2.45, 2.75) is 25.6 Å². The molecule has 0 unspecified atom stereocenters. The van der Waals surface area contributed by atoms with Crippen LogP contribution in [0.2, 0.25) is 0 Å². The summed E-state index contributed by atoms with van der Waals surface area (Å²) in [6.45, 7) is 1.64.